The van der Waals surface area contributed by atoms with Gasteiger partial charge in [-0.1, -0.05) is 6.08 Å². The van der Waals surface area contributed by atoms with E-state index in [1.54, 1.807) is 12.4 Å². The fourth-order valence-corrected chi connectivity index (χ4v) is 1.49. The number of nitrogens with one attached hydrogen (secondary N) is 1. The standard InChI is InChI=1S/C12H16N2O.ClH/c1-13-12(6-7-12)5-3-9-15-11-4-2-8-14-10-11;/h2-5,8,10,13H,6-7,9H2,1H3;1H/b5-3+;. The van der Waals surface area contributed by atoms with Crippen molar-refractivity contribution in [3.63, 3.8) is 0 Å². The second kappa shape index (κ2) is 5.87. The first-order chi connectivity index (χ1) is 7.35. The van der Waals surface area contributed by atoms with E-state index in [9.17, 15) is 0 Å². The van der Waals surface area contributed by atoms with Crippen molar-refractivity contribution in [3.05, 3.63) is 36.7 Å². The summed E-state index contributed by atoms with van der Waals surface area (Å²) < 4.78 is 5.50. The van der Waals surface area contributed by atoms with E-state index in [4.69, 9.17) is 4.74 Å². The summed E-state index contributed by atoms with van der Waals surface area (Å²) >= 11 is 0. The average Bonchev–Trinajstić information content (AvgIpc) is 3.07. The average molecular weight is 241 g/mol. The van der Waals surface area contributed by atoms with Gasteiger partial charge in [-0.2, -0.15) is 0 Å². The molecular weight excluding hydrogens is 224 g/mol. The third kappa shape index (κ3) is 3.51. The fraction of sp³-hybridized carbons (Fsp3) is 0.417. The van der Waals surface area contributed by atoms with Gasteiger partial charge in [0, 0.05) is 11.7 Å². The molecule has 0 saturated heterocycles. The van der Waals surface area contributed by atoms with E-state index < -0.39 is 0 Å². The Bertz CT molecular complexity index is 336. The van der Waals surface area contributed by atoms with Crippen molar-refractivity contribution in [2.75, 3.05) is 13.7 Å². The minimum atomic E-state index is 0. The molecule has 0 spiro atoms. The second-order valence-electron chi connectivity index (χ2n) is 3.81. The maximum atomic E-state index is 5.50. The van der Waals surface area contributed by atoms with Crippen molar-refractivity contribution in [2.45, 2.75) is 18.4 Å². The summed E-state index contributed by atoms with van der Waals surface area (Å²) in [6.45, 7) is 0.606. The first-order valence-electron chi connectivity index (χ1n) is 5.24. The third-order valence-corrected chi connectivity index (χ3v) is 2.70. The largest absolute Gasteiger partial charge is 0.488 e. The van der Waals surface area contributed by atoms with E-state index in [-0.39, 0.29) is 17.9 Å². The Morgan fingerprint density at radius 1 is 1.56 bits per heavy atom. The first-order valence-corrected chi connectivity index (χ1v) is 5.24. The number of hydrogen-bond donors (Lipinski definition) is 1. The third-order valence-electron chi connectivity index (χ3n) is 2.70. The van der Waals surface area contributed by atoms with Gasteiger partial charge >= 0.3 is 0 Å². The van der Waals surface area contributed by atoms with Crippen molar-refractivity contribution in [1.29, 1.82) is 0 Å². The van der Waals surface area contributed by atoms with Crippen LogP contribution in [0.1, 0.15) is 12.8 Å². The summed E-state index contributed by atoms with van der Waals surface area (Å²) in [6.07, 6.45) is 10.2. The topological polar surface area (TPSA) is 34.1 Å². The minimum absolute atomic E-state index is 0. The maximum Gasteiger partial charge on any atom is 0.138 e. The highest BCUT2D eigenvalue weighted by Crippen LogP contribution is 2.35. The molecule has 1 saturated carbocycles. The van der Waals surface area contributed by atoms with E-state index >= 15 is 0 Å². The summed E-state index contributed by atoms with van der Waals surface area (Å²) in [6, 6.07) is 3.78. The van der Waals surface area contributed by atoms with Crippen LogP contribution < -0.4 is 10.1 Å². The monoisotopic (exact) mass is 240 g/mol. The van der Waals surface area contributed by atoms with Gasteiger partial charge in [0.15, 0.2) is 0 Å². The number of hydrogen-bond acceptors (Lipinski definition) is 3. The van der Waals surface area contributed by atoms with Gasteiger partial charge < -0.3 is 10.1 Å². The van der Waals surface area contributed by atoms with Crippen molar-refractivity contribution in [1.82, 2.24) is 10.3 Å². The van der Waals surface area contributed by atoms with E-state index in [0.29, 0.717) is 6.61 Å². The Balaban J connectivity index is 0.00000128. The molecule has 0 aromatic carbocycles. The molecule has 3 nitrogen and oxygen atoms in total. The summed E-state index contributed by atoms with van der Waals surface area (Å²) in [5, 5.41) is 3.30. The van der Waals surface area contributed by atoms with Crippen LogP contribution in [-0.2, 0) is 0 Å². The molecule has 0 aliphatic heterocycles. The normalized spacial score (nSPS) is 16.8. The lowest BCUT2D eigenvalue weighted by molar-refractivity contribution is 0.360. The Hall–Kier alpha value is -1.06. The summed E-state index contributed by atoms with van der Waals surface area (Å²) in [5.41, 5.74) is 0.262. The van der Waals surface area contributed by atoms with Gasteiger partial charge in [-0.15, -0.1) is 12.4 Å². The molecule has 1 aliphatic carbocycles. The van der Waals surface area contributed by atoms with Gasteiger partial charge in [-0.05, 0) is 38.1 Å². The zero-order valence-corrected chi connectivity index (χ0v) is 10.2. The number of likely N-dealkylation sites (N-methyl/N-ethyl adjacent to an activating group) is 1. The number of aromatic nitrogens is 1. The highest BCUT2D eigenvalue weighted by molar-refractivity contribution is 5.85. The van der Waals surface area contributed by atoms with Crippen LogP contribution in [0.4, 0.5) is 0 Å². The predicted octanol–water partition coefficient (Wildman–Crippen LogP) is 2.19. The molecule has 0 bridgehead atoms. The van der Waals surface area contributed by atoms with Crippen LogP contribution in [0.15, 0.2) is 36.7 Å². The molecule has 0 amide bonds. The van der Waals surface area contributed by atoms with E-state index in [2.05, 4.69) is 22.5 Å². The molecule has 0 unspecified atom stereocenters. The van der Waals surface area contributed by atoms with E-state index in [1.165, 1.54) is 12.8 Å². The van der Waals surface area contributed by atoms with Crippen LogP contribution in [-0.4, -0.2) is 24.2 Å². The maximum absolute atomic E-state index is 5.50. The van der Waals surface area contributed by atoms with Gasteiger partial charge in [0.2, 0.25) is 0 Å². The second-order valence-corrected chi connectivity index (χ2v) is 3.81. The number of halogens is 1. The lowest BCUT2D eigenvalue weighted by Gasteiger charge is -2.07. The van der Waals surface area contributed by atoms with Crippen LogP contribution >= 0.6 is 12.4 Å². The zero-order valence-electron chi connectivity index (χ0n) is 9.35. The van der Waals surface area contributed by atoms with Crippen LogP contribution in [0.5, 0.6) is 5.75 Å². The lowest BCUT2D eigenvalue weighted by atomic mass is 10.2. The van der Waals surface area contributed by atoms with Crippen LogP contribution in [0.25, 0.3) is 0 Å². The Morgan fingerprint density at radius 2 is 2.38 bits per heavy atom. The molecule has 16 heavy (non-hydrogen) atoms. The Kier molecular flexibility index (Phi) is 4.77. The first kappa shape index (κ1) is 13.0. The number of nitrogens with zero attached hydrogens (tertiary/aromatic N) is 1. The molecule has 0 radical (unpaired) electrons. The quantitative estimate of drug-likeness (QED) is 0.802. The number of ether oxygens (including phenoxy) is 1. The molecule has 0 atom stereocenters. The van der Waals surface area contributed by atoms with Crippen molar-refractivity contribution in [3.8, 4) is 5.75 Å². The molecule has 2 rings (SSSR count). The summed E-state index contributed by atoms with van der Waals surface area (Å²) in [7, 11) is 2.00. The lowest BCUT2D eigenvalue weighted by Crippen LogP contribution is -2.24. The number of pyridine rings is 1. The molecule has 1 aromatic rings. The van der Waals surface area contributed by atoms with Gasteiger partial charge in [-0.3, -0.25) is 4.98 Å². The van der Waals surface area contributed by atoms with Gasteiger partial charge in [0.1, 0.15) is 12.4 Å². The molecule has 1 heterocycles. The van der Waals surface area contributed by atoms with Crippen molar-refractivity contribution in [2.24, 2.45) is 0 Å². The van der Waals surface area contributed by atoms with Crippen LogP contribution in [0.2, 0.25) is 0 Å². The Morgan fingerprint density at radius 3 is 2.94 bits per heavy atom. The zero-order chi connectivity index (χ0) is 10.6. The minimum Gasteiger partial charge on any atom is -0.488 e. The highest BCUT2D eigenvalue weighted by Gasteiger charge is 2.37. The van der Waals surface area contributed by atoms with E-state index in [1.807, 2.05) is 19.2 Å². The molecule has 4 heteroatoms. The molecule has 88 valence electrons. The van der Waals surface area contributed by atoms with Gasteiger partial charge in [0.05, 0.1) is 6.20 Å². The molecule has 1 fully saturated rings. The number of rotatable bonds is 5. The molecule has 1 aromatic heterocycles. The van der Waals surface area contributed by atoms with Gasteiger partial charge in [-0.25, -0.2) is 0 Å². The van der Waals surface area contributed by atoms with Crippen LogP contribution in [0, 0.1) is 0 Å². The Labute approximate surface area is 102 Å². The highest BCUT2D eigenvalue weighted by atomic mass is 35.5. The van der Waals surface area contributed by atoms with Gasteiger partial charge in [0.25, 0.3) is 0 Å². The molecule has 1 aliphatic rings. The molecular formula is C12H17ClN2O. The SMILES string of the molecule is CNC1(/C=C/COc2cccnc2)CC1.Cl. The fourth-order valence-electron chi connectivity index (χ4n) is 1.49. The smallest absolute Gasteiger partial charge is 0.138 e. The van der Waals surface area contributed by atoms with Crippen molar-refractivity contribution < 1.29 is 4.74 Å². The van der Waals surface area contributed by atoms with E-state index in [0.717, 1.165) is 5.75 Å². The van der Waals surface area contributed by atoms with Crippen LogP contribution in [0.3, 0.4) is 0 Å². The van der Waals surface area contributed by atoms with Crippen molar-refractivity contribution >= 4 is 12.4 Å². The summed E-state index contributed by atoms with van der Waals surface area (Å²) in [5.74, 6) is 0.816. The molecule has 1 N–H and O–H groups in total. The summed E-state index contributed by atoms with van der Waals surface area (Å²) in [4.78, 5) is 3.98. The predicted molar refractivity (Wildman–Crippen MR) is 67.1 cm³/mol.